The summed E-state index contributed by atoms with van der Waals surface area (Å²) in [5.74, 6) is 0.830. The number of rotatable bonds is 66. The molecule has 0 saturated carbocycles. The van der Waals surface area contributed by atoms with Crippen LogP contribution in [0, 0.1) is 23.7 Å². The van der Waals surface area contributed by atoms with E-state index in [2.05, 4.69) is 55.4 Å². The highest BCUT2D eigenvalue weighted by atomic mass is 31.2. The summed E-state index contributed by atoms with van der Waals surface area (Å²) >= 11 is 0. The Kier molecular flexibility index (Phi) is 57.6. The average Bonchev–Trinajstić information content (AvgIpc) is 3.62. The van der Waals surface area contributed by atoms with E-state index in [1.165, 1.54) is 135 Å². The van der Waals surface area contributed by atoms with Gasteiger partial charge in [0.15, 0.2) is 12.2 Å². The molecule has 0 aliphatic heterocycles. The first-order valence-corrected chi connectivity index (χ1v) is 38.7. The molecule has 0 radical (unpaired) electrons. The van der Waals surface area contributed by atoms with Crippen molar-refractivity contribution < 1.29 is 80.2 Å². The molecule has 0 aromatic carbocycles. The Labute approximate surface area is 537 Å². The summed E-state index contributed by atoms with van der Waals surface area (Å²) in [6.07, 6.45) is 40.4. The molecule has 522 valence electrons. The summed E-state index contributed by atoms with van der Waals surface area (Å²) in [6.45, 7) is 14.0. The van der Waals surface area contributed by atoms with Crippen molar-refractivity contribution in [3.05, 3.63) is 0 Å². The van der Waals surface area contributed by atoms with E-state index >= 15 is 0 Å². The molecule has 0 fully saturated rings. The van der Waals surface area contributed by atoms with Gasteiger partial charge >= 0.3 is 39.5 Å². The third kappa shape index (κ3) is 61.6. The molecule has 0 heterocycles. The molecule has 3 N–H and O–H groups in total. The Morgan fingerprint density at radius 3 is 0.807 bits per heavy atom. The third-order valence-corrected chi connectivity index (χ3v) is 18.1. The van der Waals surface area contributed by atoms with Gasteiger partial charge in [0.25, 0.3) is 0 Å². The van der Waals surface area contributed by atoms with Crippen molar-refractivity contribution in [1.82, 2.24) is 0 Å². The predicted molar refractivity (Wildman–Crippen MR) is 354 cm³/mol. The van der Waals surface area contributed by atoms with E-state index in [9.17, 15) is 43.2 Å². The minimum absolute atomic E-state index is 0.102. The van der Waals surface area contributed by atoms with Crippen LogP contribution in [0.15, 0.2) is 0 Å². The molecule has 0 aliphatic carbocycles. The second kappa shape index (κ2) is 58.8. The van der Waals surface area contributed by atoms with E-state index in [4.69, 9.17) is 37.0 Å². The Bertz CT molecular complexity index is 1750. The van der Waals surface area contributed by atoms with Gasteiger partial charge in [-0.25, -0.2) is 9.13 Å². The summed E-state index contributed by atoms with van der Waals surface area (Å²) in [5, 5.41) is 10.6. The summed E-state index contributed by atoms with van der Waals surface area (Å²) in [4.78, 5) is 72.5. The predicted octanol–water partition coefficient (Wildman–Crippen LogP) is 19.3. The van der Waals surface area contributed by atoms with Gasteiger partial charge in [-0.3, -0.25) is 37.3 Å². The van der Waals surface area contributed by atoms with Crippen molar-refractivity contribution in [2.75, 3.05) is 39.6 Å². The molecule has 19 heteroatoms. The van der Waals surface area contributed by atoms with Crippen molar-refractivity contribution >= 4 is 39.5 Å². The van der Waals surface area contributed by atoms with Gasteiger partial charge in [-0.2, -0.15) is 0 Å². The maximum atomic E-state index is 13.0. The number of carbonyl (C=O) groups is 4. The Balaban J connectivity index is 5.26. The zero-order valence-electron chi connectivity index (χ0n) is 57.3. The smallest absolute Gasteiger partial charge is 0.462 e. The van der Waals surface area contributed by atoms with Crippen LogP contribution in [-0.2, 0) is 65.4 Å². The van der Waals surface area contributed by atoms with Crippen LogP contribution in [0.2, 0.25) is 0 Å². The Hall–Kier alpha value is -1.94. The second-order valence-corrected chi connectivity index (χ2v) is 29.5. The lowest BCUT2D eigenvalue weighted by molar-refractivity contribution is -0.161. The number of ether oxygens (including phenoxy) is 4. The van der Waals surface area contributed by atoms with Crippen molar-refractivity contribution in [3.8, 4) is 0 Å². The molecule has 6 atom stereocenters. The summed E-state index contributed by atoms with van der Waals surface area (Å²) in [6, 6.07) is 0. The van der Waals surface area contributed by atoms with Crippen LogP contribution in [0.5, 0.6) is 0 Å². The number of hydrogen-bond donors (Lipinski definition) is 3. The molecule has 0 aliphatic rings. The molecule has 0 rings (SSSR count). The highest BCUT2D eigenvalue weighted by Crippen LogP contribution is 2.45. The van der Waals surface area contributed by atoms with Crippen LogP contribution in [0.1, 0.15) is 338 Å². The largest absolute Gasteiger partial charge is 0.472 e. The summed E-state index contributed by atoms with van der Waals surface area (Å²) in [5.41, 5.74) is 0. The van der Waals surface area contributed by atoms with Gasteiger partial charge in [0.05, 0.1) is 26.4 Å². The Morgan fingerprint density at radius 2 is 0.545 bits per heavy atom. The van der Waals surface area contributed by atoms with Crippen LogP contribution in [0.25, 0.3) is 0 Å². The van der Waals surface area contributed by atoms with E-state index in [0.717, 1.165) is 114 Å². The van der Waals surface area contributed by atoms with Gasteiger partial charge in [0.2, 0.25) is 0 Å². The number of aliphatic hydroxyl groups excluding tert-OH is 1. The fourth-order valence-electron chi connectivity index (χ4n) is 10.3. The number of carbonyl (C=O) groups excluding carboxylic acids is 4. The molecule has 0 aromatic heterocycles. The first kappa shape index (κ1) is 86.1. The van der Waals surface area contributed by atoms with E-state index in [0.29, 0.717) is 31.6 Å². The molecular weight excluding hydrogens is 1160 g/mol. The first-order chi connectivity index (χ1) is 42.1. The van der Waals surface area contributed by atoms with Gasteiger partial charge < -0.3 is 33.8 Å². The minimum Gasteiger partial charge on any atom is -0.462 e. The van der Waals surface area contributed by atoms with Crippen LogP contribution in [0.3, 0.4) is 0 Å². The Morgan fingerprint density at radius 1 is 0.318 bits per heavy atom. The van der Waals surface area contributed by atoms with E-state index in [-0.39, 0.29) is 25.7 Å². The van der Waals surface area contributed by atoms with Crippen molar-refractivity contribution in [1.29, 1.82) is 0 Å². The normalized spacial score (nSPS) is 14.6. The molecule has 0 saturated heterocycles. The van der Waals surface area contributed by atoms with E-state index in [1.807, 2.05) is 0 Å². The number of hydrogen-bond acceptors (Lipinski definition) is 15. The lowest BCUT2D eigenvalue weighted by Gasteiger charge is -2.21. The number of phosphoric ester groups is 2. The number of esters is 4. The monoisotopic (exact) mass is 1300 g/mol. The highest BCUT2D eigenvalue weighted by molar-refractivity contribution is 7.47. The molecule has 88 heavy (non-hydrogen) atoms. The van der Waals surface area contributed by atoms with Crippen molar-refractivity contribution in [2.45, 2.75) is 356 Å². The zero-order chi connectivity index (χ0) is 65.4. The van der Waals surface area contributed by atoms with E-state index < -0.39 is 97.5 Å². The molecule has 0 aromatic rings. The van der Waals surface area contributed by atoms with Crippen LogP contribution in [0.4, 0.5) is 0 Å². The van der Waals surface area contributed by atoms with Crippen LogP contribution in [-0.4, -0.2) is 96.7 Å². The zero-order valence-corrected chi connectivity index (χ0v) is 59.1. The summed E-state index contributed by atoms with van der Waals surface area (Å²) in [7, 11) is -9.90. The standard InChI is InChI=1S/C69H134O17P2/c1-9-62(8)48-40-32-27-28-34-42-50-67(72)80-56-65(86-69(74)52-44-36-26-20-23-31-39-47-61(6)7)58-84-88(77,78)82-54-63(70)53-81-87(75,76)83-57-64(85-68(73)51-43-35-25-19-15-11-13-17-22-30-38-46-60(4)5)55-79-66(71)49-41-33-24-18-14-10-12-16-21-29-37-45-59(2)3/h59-65,70H,9-58H2,1-8H3,(H,75,76)(H,77,78)/t62?,63-,64-,65-/m1/s1. The minimum atomic E-state index is -4.95. The fourth-order valence-corrected chi connectivity index (χ4v) is 11.9. The lowest BCUT2D eigenvalue weighted by Crippen LogP contribution is -2.30. The van der Waals surface area contributed by atoms with Crippen LogP contribution < -0.4 is 0 Å². The maximum Gasteiger partial charge on any atom is 0.472 e. The molecule has 17 nitrogen and oxygen atoms in total. The number of unbranched alkanes of at least 4 members (excludes halogenated alkanes) is 31. The molecule has 0 bridgehead atoms. The molecular formula is C69H134O17P2. The number of aliphatic hydroxyl groups is 1. The second-order valence-electron chi connectivity index (χ2n) is 26.6. The maximum absolute atomic E-state index is 13.0. The number of phosphoric acid groups is 2. The van der Waals surface area contributed by atoms with Gasteiger partial charge in [0, 0.05) is 25.7 Å². The average molecular weight is 1300 g/mol. The third-order valence-electron chi connectivity index (χ3n) is 16.2. The van der Waals surface area contributed by atoms with Gasteiger partial charge in [0.1, 0.15) is 19.3 Å². The van der Waals surface area contributed by atoms with Gasteiger partial charge in [-0.1, -0.05) is 287 Å². The molecule has 3 unspecified atom stereocenters. The van der Waals surface area contributed by atoms with Gasteiger partial charge in [-0.05, 0) is 49.4 Å². The van der Waals surface area contributed by atoms with Crippen LogP contribution >= 0.6 is 15.6 Å². The fraction of sp³-hybridized carbons (Fsp3) is 0.942. The SMILES string of the molecule is CCC(C)CCCCCCCCC(=O)OC[C@H](COP(=O)(O)OC[C@H](O)COP(=O)(O)OC[C@@H](COC(=O)CCCCCCCCCCCCCC(C)C)OC(=O)CCCCCCCCCCCCCC(C)C)OC(=O)CCCCCCCCCC(C)C. The topological polar surface area (TPSA) is 237 Å². The van der Waals surface area contributed by atoms with Crippen molar-refractivity contribution in [3.63, 3.8) is 0 Å². The quantitative estimate of drug-likeness (QED) is 0.0222. The molecule has 0 amide bonds. The highest BCUT2D eigenvalue weighted by Gasteiger charge is 2.30. The van der Waals surface area contributed by atoms with E-state index in [1.54, 1.807) is 0 Å². The van der Waals surface area contributed by atoms with Crippen molar-refractivity contribution in [2.24, 2.45) is 23.7 Å². The van der Waals surface area contributed by atoms with Gasteiger partial charge in [-0.15, -0.1) is 0 Å². The summed E-state index contributed by atoms with van der Waals surface area (Å²) < 4.78 is 68.2. The molecule has 0 spiro atoms. The first-order valence-electron chi connectivity index (χ1n) is 35.7. The lowest BCUT2D eigenvalue weighted by atomic mass is 10.00.